The molecule has 1 saturated heterocycles. The molecule has 1 saturated carbocycles. The fourth-order valence-corrected chi connectivity index (χ4v) is 4.50. The van der Waals surface area contributed by atoms with Crippen LogP contribution in [0.25, 0.3) is 5.57 Å². The number of aliphatic hydroxyl groups is 5. The van der Waals surface area contributed by atoms with Crippen molar-refractivity contribution in [3.05, 3.63) is 36.1 Å². The van der Waals surface area contributed by atoms with Crippen molar-refractivity contribution in [1.29, 1.82) is 0 Å². The third kappa shape index (κ3) is 4.27. The molecule has 4 rings (SSSR count). The summed E-state index contributed by atoms with van der Waals surface area (Å²) in [5.74, 6) is -0.348. The number of fused-ring (bicyclic) bond motifs is 1. The largest absolute Gasteiger partial charge is 0.497 e. The molecule has 0 spiro atoms. The first kappa shape index (κ1) is 23.1. The highest BCUT2D eigenvalue weighted by molar-refractivity contribution is 6.22. The monoisotopic (exact) mass is 452 g/mol. The summed E-state index contributed by atoms with van der Waals surface area (Å²) < 4.78 is 22.0. The van der Waals surface area contributed by atoms with Gasteiger partial charge in [0.25, 0.3) is 0 Å². The van der Waals surface area contributed by atoms with Crippen molar-refractivity contribution >= 4 is 11.4 Å². The molecule has 10 heteroatoms. The zero-order valence-electron chi connectivity index (χ0n) is 17.5. The molecule has 32 heavy (non-hydrogen) atoms. The number of ether oxygens (including phenoxy) is 4. The van der Waals surface area contributed by atoms with Crippen LogP contribution in [0.4, 0.5) is 0 Å². The van der Waals surface area contributed by atoms with Gasteiger partial charge >= 0.3 is 0 Å². The van der Waals surface area contributed by atoms with E-state index in [4.69, 9.17) is 18.9 Å². The van der Waals surface area contributed by atoms with Gasteiger partial charge in [-0.1, -0.05) is 12.1 Å². The van der Waals surface area contributed by atoms with Crippen molar-refractivity contribution in [1.82, 2.24) is 0 Å². The van der Waals surface area contributed by atoms with E-state index >= 15 is 0 Å². The summed E-state index contributed by atoms with van der Waals surface area (Å²) in [6, 6.07) is 6.95. The smallest absolute Gasteiger partial charge is 0.186 e. The maximum absolute atomic E-state index is 13.1. The Hall–Kier alpha value is -2.05. The minimum atomic E-state index is -1.56. The lowest BCUT2D eigenvalue weighted by molar-refractivity contribution is -0.316. The van der Waals surface area contributed by atoms with Gasteiger partial charge in [-0.2, -0.15) is 0 Å². The Bertz CT molecular complexity index is 838. The number of methoxy groups -OCH3 is 1. The third-order valence-corrected chi connectivity index (χ3v) is 6.32. The second kappa shape index (κ2) is 9.44. The van der Waals surface area contributed by atoms with Gasteiger partial charge < -0.3 is 44.5 Å². The molecule has 0 amide bonds. The van der Waals surface area contributed by atoms with E-state index in [0.717, 1.165) is 0 Å². The molecule has 5 N–H and O–H groups in total. The highest BCUT2D eigenvalue weighted by Crippen LogP contribution is 2.38. The molecule has 1 aromatic carbocycles. The van der Waals surface area contributed by atoms with Crippen molar-refractivity contribution in [3.63, 3.8) is 0 Å². The van der Waals surface area contributed by atoms with Gasteiger partial charge in [-0.05, 0) is 17.7 Å². The van der Waals surface area contributed by atoms with Crippen molar-refractivity contribution in [2.45, 2.75) is 61.9 Å². The van der Waals surface area contributed by atoms with Crippen LogP contribution in [0.2, 0.25) is 0 Å². The highest BCUT2D eigenvalue weighted by atomic mass is 16.7. The molecule has 5 unspecified atom stereocenters. The van der Waals surface area contributed by atoms with Crippen LogP contribution in [-0.2, 0) is 19.0 Å². The molecular weight excluding hydrogens is 424 g/mol. The van der Waals surface area contributed by atoms with Crippen molar-refractivity contribution in [2.75, 3.05) is 13.7 Å². The second-order valence-electron chi connectivity index (χ2n) is 8.32. The number of benzene rings is 1. The molecule has 0 radical (unpaired) electrons. The van der Waals surface area contributed by atoms with E-state index in [2.05, 4.69) is 0 Å². The first-order valence-electron chi connectivity index (χ1n) is 10.5. The first-order chi connectivity index (χ1) is 15.3. The van der Waals surface area contributed by atoms with E-state index in [1.807, 2.05) is 0 Å². The number of ketones is 1. The van der Waals surface area contributed by atoms with Crippen LogP contribution >= 0.6 is 0 Å². The summed E-state index contributed by atoms with van der Waals surface area (Å²) in [6.07, 6.45) is -7.63. The Morgan fingerprint density at radius 2 is 1.75 bits per heavy atom. The Morgan fingerprint density at radius 3 is 2.41 bits per heavy atom. The van der Waals surface area contributed by atoms with E-state index in [0.29, 0.717) is 16.9 Å². The molecular formula is C22H28O10. The van der Waals surface area contributed by atoms with Gasteiger partial charge in [0.2, 0.25) is 0 Å². The van der Waals surface area contributed by atoms with Gasteiger partial charge in [-0.3, -0.25) is 4.79 Å². The summed E-state index contributed by atoms with van der Waals surface area (Å²) in [5.41, 5.74) is 1.02. The molecule has 3 aliphatic rings. The minimum absolute atomic E-state index is 0.0845. The van der Waals surface area contributed by atoms with Crippen molar-refractivity contribution in [2.24, 2.45) is 5.92 Å². The standard InChI is InChI=1S/C22H28O10/c1-29-11-4-2-10(3-5-11)13-9-30-15-7-12(6-14(24)17(15)18(13)25)31-22-21(28)20(27)19(26)16(8-23)32-22/h2-5,9,12,14-17,19-24,26-28H,6-8H2,1H3/t12?,14?,15?,16-,17?,19-,20+,21-,22?/m1/s1. The van der Waals surface area contributed by atoms with Gasteiger partial charge in [0, 0.05) is 12.8 Å². The summed E-state index contributed by atoms with van der Waals surface area (Å²) in [6.45, 7) is -0.570. The summed E-state index contributed by atoms with van der Waals surface area (Å²) in [5, 5.41) is 50.1. The molecule has 1 aliphatic carbocycles. The Labute approximate surface area is 184 Å². The molecule has 2 heterocycles. The van der Waals surface area contributed by atoms with Crippen LogP contribution in [0.5, 0.6) is 5.75 Å². The van der Waals surface area contributed by atoms with Crippen molar-refractivity contribution < 1.29 is 49.3 Å². The van der Waals surface area contributed by atoms with Crippen LogP contribution in [-0.4, -0.2) is 94.1 Å². The molecule has 1 aromatic rings. The zero-order valence-corrected chi connectivity index (χ0v) is 17.5. The Balaban J connectivity index is 1.45. The van der Waals surface area contributed by atoms with Gasteiger partial charge in [0.15, 0.2) is 12.1 Å². The van der Waals surface area contributed by atoms with E-state index in [9.17, 15) is 30.3 Å². The maximum Gasteiger partial charge on any atom is 0.186 e. The lowest BCUT2D eigenvalue weighted by Crippen LogP contribution is -2.60. The average Bonchev–Trinajstić information content (AvgIpc) is 2.79. The molecule has 2 fully saturated rings. The molecule has 0 aromatic heterocycles. The Kier molecular flexibility index (Phi) is 6.82. The lowest BCUT2D eigenvalue weighted by Gasteiger charge is -2.44. The molecule has 2 aliphatic heterocycles. The number of carbonyl (C=O) groups is 1. The minimum Gasteiger partial charge on any atom is -0.497 e. The number of carbonyl (C=O) groups excluding carboxylic acids is 1. The van der Waals surface area contributed by atoms with Crippen molar-refractivity contribution in [3.8, 4) is 5.75 Å². The van der Waals surface area contributed by atoms with Crippen LogP contribution in [0.3, 0.4) is 0 Å². The summed E-state index contributed by atoms with van der Waals surface area (Å²) >= 11 is 0. The molecule has 0 bridgehead atoms. The SMILES string of the molecule is COc1ccc(C2=COC3CC(OC4O[C@H](CO)[C@@H](O)[C@H](O)[C@H]4O)CC(O)C3C2=O)cc1. The number of rotatable bonds is 5. The summed E-state index contributed by atoms with van der Waals surface area (Å²) in [4.78, 5) is 13.1. The Morgan fingerprint density at radius 1 is 1.03 bits per heavy atom. The predicted octanol–water partition coefficient (Wildman–Crippen LogP) is -1.04. The molecule has 9 atom stereocenters. The van der Waals surface area contributed by atoms with E-state index in [-0.39, 0.29) is 18.6 Å². The fourth-order valence-electron chi connectivity index (χ4n) is 4.50. The number of hydrogen-bond donors (Lipinski definition) is 5. The number of hydrogen-bond acceptors (Lipinski definition) is 10. The quantitative estimate of drug-likeness (QED) is 0.374. The van der Waals surface area contributed by atoms with Crippen LogP contribution in [0.15, 0.2) is 30.5 Å². The normalized spacial score (nSPS) is 39.6. The predicted molar refractivity (Wildman–Crippen MR) is 108 cm³/mol. The summed E-state index contributed by atoms with van der Waals surface area (Å²) in [7, 11) is 1.55. The van der Waals surface area contributed by atoms with E-state index < -0.39 is 61.5 Å². The fraction of sp³-hybridized carbons (Fsp3) is 0.591. The van der Waals surface area contributed by atoms with Crippen LogP contribution < -0.4 is 4.74 Å². The van der Waals surface area contributed by atoms with Gasteiger partial charge in [0.05, 0.1) is 43.7 Å². The van der Waals surface area contributed by atoms with Gasteiger partial charge in [-0.15, -0.1) is 0 Å². The maximum atomic E-state index is 13.1. The zero-order chi connectivity index (χ0) is 23.0. The number of Topliss-reactive ketones (excluding diaryl/α,β-unsaturated/α-hetero) is 1. The third-order valence-electron chi connectivity index (χ3n) is 6.32. The van der Waals surface area contributed by atoms with E-state index in [1.165, 1.54) is 6.26 Å². The number of aliphatic hydroxyl groups excluding tert-OH is 5. The molecule has 10 nitrogen and oxygen atoms in total. The van der Waals surface area contributed by atoms with Gasteiger partial charge in [-0.25, -0.2) is 0 Å². The topological polar surface area (TPSA) is 155 Å². The average molecular weight is 452 g/mol. The van der Waals surface area contributed by atoms with Gasteiger partial charge in [0.1, 0.15) is 36.3 Å². The number of allylic oxidation sites excluding steroid dienone is 1. The molecule has 176 valence electrons. The second-order valence-corrected chi connectivity index (χ2v) is 8.32. The van der Waals surface area contributed by atoms with Crippen LogP contribution in [0, 0.1) is 5.92 Å². The van der Waals surface area contributed by atoms with Crippen LogP contribution in [0.1, 0.15) is 18.4 Å². The first-order valence-corrected chi connectivity index (χ1v) is 10.5. The lowest BCUT2D eigenvalue weighted by atomic mass is 9.76. The highest BCUT2D eigenvalue weighted by Gasteiger charge is 2.49. The van der Waals surface area contributed by atoms with E-state index in [1.54, 1.807) is 31.4 Å².